The van der Waals surface area contributed by atoms with Gasteiger partial charge in [-0.15, -0.1) is 0 Å². The Hall–Kier alpha value is -2.77. The Balaban J connectivity index is 2.08. The maximum Gasteiger partial charge on any atom is 0.328 e. The van der Waals surface area contributed by atoms with Gasteiger partial charge in [0.25, 0.3) is 0 Å². The highest BCUT2D eigenvalue weighted by Crippen LogP contribution is 2.18. The lowest BCUT2D eigenvalue weighted by atomic mass is 10.2. The Morgan fingerprint density at radius 2 is 2.11 bits per heavy atom. The number of amides is 3. The van der Waals surface area contributed by atoms with Crippen LogP contribution in [0, 0.1) is 0 Å². The van der Waals surface area contributed by atoms with Crippen LogP contribution in [0.5, 0.6) is 0 Å². The predicted molar refractivity (Wildman–Crippen MR) is 89.2 cm³/mol. The molecule has 1 aliphatic rings. The minimum absolute atomic E-state index is 0.0461. The average molecular weight is 385 g/mol. The van der Waals surface area contributed by atoms with Gasteiger partial charge in [0.1, 0.15) is 6.04 Å². The first-order chi connectivity index (χ1) is 12.8. The lowest BCUT2D eigenvalue weighted by Gasteiger charge is -2.21. The summed E-state index contributed by atoms with van der Waals surface area (Å²) < 4.78 is 5.14. The zero-order chi connectivity index (χ0) is 20.0. The minimum Gasteiger partial charge on any atom is -0.480 e. The van der Waals surface area contributed by atoms with Crippen LogP contribution in [0.3, 0.4) is 0 Å². The highest BCUT2D eigenvalue weighted by atomic mass is 16.5. The summed E-state index contributed by atoms with van der Waals surface area (Å²) >= 11 is 0. The van der Waals surface area contributed by atoms with Crippen LogP contribution in [-0.4, -0.2) is 70.0 Å². The summed E-state index contributed by atoms with van der Waals surface area (Å²) in [6.45, 7) is 3.33. The minimum atomic E-state index is -1.53. The fourth-order valence-corrected chi connectivity index (χ4v) is 2.50. The lowest BCUT2D eigenvalue weighted by molar-refractivity contribution is -0.141. The number of aromatic nitrogens is 2. The SMILES string of the molecule is CC(O)[C@H](NC(=O)N[C@@H](CC(N)=O)c1nc([C@@H]2CNCCN2)no1)C(=O)O. The molecule has 0 aliphatic carbocycles. The van der Waals surface area contributed by atoms with Crippen molar-refractivity contribution in [2.45, 2.75) is 37.6 Å². The number of urea groups is 1. The number of nitrogens with one attached hydrogen (secondary N) is 4. The Morgan fingerprint density at radius 3 is 2.67 bits per heavy atom. The molecule has 1 unspecified atom stereocenters. The number of nitrogens with two attached hydrogens (primary N) is 1. The molecule has 2 heterocycles. The third kappa shape index (κ3) is 5.87. The fraction of sp³-hybridized carbons (Fsp3) is 0.643. The molecule has 13 heteroatoms. The molecule has 0 radical (unpaired) electrons. The van der Waals surface area contributed by atoms with Gasteiger partial charge in [0.2, 0.25) is 11.8 Å². The molecule has 1 aliphatic heterocycles. The van der Waals surface area contributed by atoms with Crippen molar-refractivity contribution in [2.24, 2.45) is 5.73 Å². The molecular weight excluding hydrogens is 362 g/mol. The molecule has 150 valence electrons. The van der Waals surface area contributed by atoms with Gasteiger partial charge in [0, 0.05) is 19.6 Å². The monoisotopic (exact) mass is 385 g/mol. The van der Waals surface area contributed by atoms with Crippen molar-refractivity contribution in [1.82, 2.24) is 31.4 Å². The van der Waals surface area contributed by atoms with Gasteiger partial charge in [-0.1, -0.05) is 5.16 Å². The number of aliphatic hydroxyl groups excluding tert-OH is 1. The van der Waals surface area contributed by atoms with Crippen molar-refractivity contribution in [3.8, 4) is 0 Å². The van der Waals surface area contributed by atoms with Gasteiger partial charge in [-0.2, -0.15) is 4.98 Å². The van der Waals surface area contributed by atoms with Gasteiger partial charge in [-0.05, 0) is 6.92 Å². The van der Waals surface area contributed by atoms with E-state index in [4.69, 9.17) is 15.4 Å². The van der Waals surface area contributed by atoms with E-state index in [1.807, 2.05) is 0 Å². The predicted octanol–water partition coefficient (Wildman–Crippen LogP) is -2.65. The number of rotatable bonds is 8. The van der Waals surface area contributed by atoms with E-state index in [0.29, 0.717) is 12.4 Å². The van der Waals surface area contributed by atoms with Gasteiger partial charge in [0.15, 0.2) is 11.9 Å². The van der Waals surface area contributed by atoms with Crippen molar-refractivity contribution >= 4 is 17.9 Å². The van der Waals surface area contributed by atoms with E-state index in [-0.39, 0.29) is 18.4 Å². The van der Waals surface area contributed by atoms with E-state index >= 15 is 0 Å². The van der Waals surface area contributed by atoms with E-state index in [1.54, 1.807) is 0 Å². The van der Waals surface area contributed by atoms with Crippen molar-refractivity contribution in [3.63, 3.8) is 0 Å². The van der Waals surface area contributed by atoms with Crippen molar-refractivity contribution in [3.05, 3.63) is 11.7 Å². The third-order valence-corrected chi connectivity index (χ3v) is 3.85. The van der Waals surface area contributed by atoms with Crippen LogP contribution in [0.25, 0.3) is 0 Å². The second-order valence-corrected chi connectivity index (χ2v) is 6.10. The maximum atomic E-state index is 12.1. The second-order valence-electron chi connectivity index (χ2n) is 6.10. The average Bonchev–Trinajstić information content (AvgIpc) is 3.09. The molecule has 2 rings (SSSR count). The first-order valence-corrected chi connectivity index (χ1v) is 8.31. The van der Waals surface area contributed by atoms with Crippen LogP contribution < -0.4 is 27.0 Å². The molecule has 1 aromatic rings. The van der Waals surface area contributed by atoms with Crippen LogP contribution in [-0.2, 0) is 9.59 Å². The number of hydrogen-bond acceptors (Lipinski definition) is 9. The highest BCUT2D eigenvalue weighted by Gasteiger charge is 2.29. The Labute approximate surface area is 154 Å². The normalized spacial score (nSPS) is 20.3. The Kier molecular flexibility index (Phi) is 7.04. The van der Waals surface area contributed by atoms with Crippen LogP contribution >= 0.6 is 0 Å². The molecule has 4 atom stereocenters. The van der Waals surface area contributed by atoms with Gasteiger partial charge < -0.3 is 41.7 Å². The van der Waals surface area contributed by atoms with Gasteiger partial charge in [0.05, 0.1) is 18.6 Å². The molecular formula is C14H23N7O6. The number of nitrogens with zero attached hydrogens (tertiary/aromatic N) is 2. The summed E-state index contributed by atoms with van der Waals surface area (Å²) in [6.07, 6.45) is -1.67. The molecule has 8 N–H and O–H groups in total. The van der Waals surface area contributed by atoms with Crippen molar-refractivity contribution < 1.29 is 29.1 Å². The van der Waals surface area contributed by atoms with E-state index in [1.165, 1.54) is 6.92 Å². The number of primary amides is 1. The summed E-state index contributed by atoms with van der Waals surface area (Å²) in [5.74, 6) is -1.85. The number of piperazine rings is 1. The molecule has 27 heavy (non-hydrogen) atoms. The maximum absolute atomic E-state index is 12.1. The van der Waals surface area contributed by atoms with Crippen LogP contribution in [0.15, 0.2) is 4.52 Å². The standard InChI is InChI=1S/C14H23N7O6/c1-6(22)10(13(24)25)19-14(26)18-7(4-9(15)23)12-20-11(21-27-12)8-5-16-2-3-17-8/h6-8,10,16-17,22H,2-5H2,1H3,(H2,15,23)(H,24,25)(H2,18,19,26)/t6?,7-,8-,10-/m0/s1. The number of carbonyl (C=O) groups excluding carboxylic acids is 2. The zero-order valence-corrected chi connectivity index (χ0v) is 14.6. The number of carboxylic acids is 1. The molecule has 1 aromatic heterocycles. The highest BCUT2D eigenvalue weighted by molar-refractivity contribution is 5.83. The number of carbonyl (C=O) groups is 3. The Bertz CT molecular complexity index is 673. The third-order valence-electron chi connectivity index (χ3n) is 3.85. The molecule has 13 nitrogen and oxygen atoms in total. The summed E-state index contributed by atoms with van der Waals surface area (Å²) in [5, 5.41) is 33.1. The van der Waals surface area contributed by atoms with Gasteiger partial charge in [-0.25, -0.2) is 9.59 Å². The van der Waals surface area contributed by atoms with Crippen molar-refractivity contribution in [1.29, 1.82) is 0 Å². The van der Waals surface area contributed by atoms with Gasteiger partial charge in [-0.3, -0.25) is 4.79 Å². The smallest absolute Gasteiger partial charge is 0.328 e. The number of carboxylic acid groups (broad SMARTS) is 1. The molecule has 0 saturated carbocycles. The topological polar surface area (TPSA) is 205 Å². The molecule has 1 fully saturated rings. The van der Waals surface area contributed by atoms with Crippen LogP contribution in [0.2, 0.25) is 0 Å². The van der Waals surface area contributed by atoms with E-state index in [9.17, 15) is 19.5 Å². The molecule has 0 spiro atoms. The largest absolute Gasteiger partial charge is 0.480 e. The quantitative estimate of drug-likeness (QED) is 0.247. The molecule has 3 amide bonds. The van der Waals surface area contributed by atoms with E-state index < -0.39 is 36.1 Å². The summed E-state index contributed by atoms with van der Waals surface area (Å²) in [6, 6.07) is -3.71. The molecule has 0 aromatic carbocycles. The van der Waals surface area contributed by atoms with E-state index in [2.05, 4.69) is 31.4 Å². The van der Waals surface area contributed by atoms with Crippen LogP contribution in [0.1, 0.15) is 37.1 Å². The number of aliphatic hydroxyl groups is 1. The first kappa shape index (κ1) is 20.5. The molecule has 0 bridgehead atoms. The zero-order valence-electron chi connectivity index (χ0n) is 14.6. The summed E-state index contributed by atoms with van der Waals surface area (Å²) in [7, 11) is 0. The first-order valence-electron chi connectivity index (χ1n) is 8.31. The summed E-state index contributed by atoms with van der Waals surface area (Å²) in [4.78, 5) is 38.6. The number of aliphatic carboxylic acids is 1. The van der Waals surface area contributed by atoms with Crippen LogP contribution in [0.4, 0.5) is 4.79 Å². The molecule has 1 saturated heterocycles. The summed E-state index contributed by atoms with van der Waals surface area (Å²) in [5.41, 5.74) is 5.20. The Morgan fingerprint density at radius 1 is 1.37 bits per heavy atom. The second kappa shape index (κ2) is 9.25. The van der Waals surface area contributed by atoms with Gasteiger partial charge >= 0.3 is 12.0 Å². The van der Waals surface area contributed by atoms with E-state index in [0.717, 1.165) is 13.1 Å². The van der Waals surface area contributed by atoms with Crippen molar-refractivity contribution in [2.75, 3.05) is 19.6 Å². The fourth-order valence-electron chi connectivity index (χ4n) is 2.50. The lowest BCUT2D eigenvalue weighted by Crippen LogP contribution is -2.52. The number of hydrogen-bond donors (Lipinski definition) is 7.